The molecule has 0 atom stereocenters. The van der Waals surface area contributed by atoms with Crippen LogP contribution in [0.25, 0.3) is 0 Å². The van der Waals surface area contributed by atoms with Gasteiger partial charge >= 0.3 is 50.9 Å². The van der Waals surface area contributed by atoms with Crippen LogP contribution >= 0.6 is 0 Å². The summed E-state index contributed by atoms with van der Waals surface area (Å²) in [5.41, 5.74) is 0. The molecule has 0 saturated heterocycles. The molecule has 0 aromatic rings. The van der Waals surface area contributed by atoms with E-state index in [1.54, 1.807) is 0 Å². The first kappa shape index (κ1) is 7.54. The summed E-state index contributed by atoms with van der Waals surface area (Å²) in [5.74, 6) is 4.83. The van der Waals surface area contributed by atoms with Crippen LogP contribution in [-0.4, -0.2) is 14.3 Å². The van der Waals surface area contributed by atoms with E-state index < -0.39 is 14.3 Å². The van der Waals surface area contributed by atoms with Gasteiger partial charge in [0.25, 0.3) is 0 Å². The maximum absolute atomic E-state index is 2.42. The van der Waals surface area contributed by atoms with E-state index in [2.05, 4.69) is 32.3 Å². The predicted octanol–water partition coefficient (Wildman–Crippen LogP) is 2.54. The number of rotatable bonds is 0. The second kappa shape index (κ2) is 2.21. The fourth-order valence-electron chi connectivity index (χ4n) is 0. The van der Waals surface area contributed by atoms with E-state index in [1.165, 1.54) is 0 Å². The quantitative estimate of drug-likeness (QED) is 0.477. The molecule has 0 N–H and O–H groups in total. The standard InChI is InChI=1S/C6H15Ge/c1-6(2,3)7(4)5/h1-5H3. The molecule has 43 valence electrons. The average molecular weight is 160 g/mol. The van der Waals surface area contributed by atoms with Crippen molar-refractivity contribution in [3.8, 4) is 0 Å². The van der Waals surface area contributed by atoms with Gasteiger partial charge in [-0.25, -0.2) is 0 Å². The minimum atomic E-state index is -0.590. The van der Waals surface area contributed by atoms with Crippen LogP contribution in [0.1, 0.15) is 20.8 Å². The van der Waals surface area contributed by atoms with E-state index in [0.29, 0.717) is 4.25 Å². The van der Waals surface area contributed by atoms with E-state index in [9.17, 15) is 0 Å². The van der Waals surface area contributed by atoms with Crippen LogP contribution < -0.4 is 0 Å². The predicted molar refractivity (Wildman–Crippen MR) is 37.2 cm³/mol. The van der Waals surface area contributed by atoms with E-state index in [4.69, 9.17) is 0 Å². The Balaban J connectivity index is 3.54. The monoisotopic (exact) mass is 161 g/mol. The Morgan fingerprint density at radius 1 is 1.00 bits per heavy atom. The average Bonchev–Trinajstić information content (AvgIpc) is 1.31. The summed E-state index contributed by atoms with van der Waals surface area (Å²) in [6, 6.07) is 0. The van der Waals surface area contributed by atoms with Crippen LogP contribution in [-0.2, 0) is 0 Å². The van der Waals surface area contributed by atoms with Gasteiger partial charge < -0.3 is 0 Å². The molecule has 0 aliphatic rings. The molecule has 1 heteroatoms. The molecule has 0 bridgehead atoms. The zero-order valence-corrected chi connectivity index (χ0v) is 8.10. The topological polar surface area (TPSA) is 0 Å². The second-order valence-electron chi connectivity index (χ2n) is 3.25. The van der Waals surface area contributed by atoms with Gasteiger partial charge in [-0.05, 0) is 0 Å². The van der Waals surface area contributed by atoms with E-state index >= 15 is 0 Å². The van der Waals surface area contributed by atoms with Gasteiger partial charge in [-0.2, -0.15) is 0 Å². The van der Waals surface area contributed by atoms with Gasteiger partial charge in [0.2, 0.25) is 0 Å². The van der Waals surface area contributed by atoms with Gasteiger partial charge in [-0.3, -0.25) is 0 Å². The van der Waals surface area contributed by atoms with Crippen LogP contribution in [0.4, 0.5) is 0 Å². The van der Waals surface area contributed by atoms with Crippen LogP contribution in [0.3, 0.4) is 0 Å². The summed E-state index contributed by atoms with van der Waals surface area (Å²) in [5, 5.41) is 0. The molecule has 0 heterocycles. The van der Waals surface area contributed by atoms with Crippen molar-refractivity contribution in [3.05, 3.63) is 0 Å². The molecule has 0 nitrogen and oxygen atoms in total. The fourth-order valence-corrected chi connectivity index (χ4v) is 0. The molecule has 0 rings (SSSR count). The maximum atomic E-state index is 2.42. The van der Waals surface area contributed by atoms with Gasteiger partial charge in [0.15, 0.2) is 0 Å². The third-order valence-corrected chi connectivity index (χ3v) is 7.79. The number of hydrogen-bond donors (Lipinski definition) is 0. The Bertz CT molecular complexity index is 49.7. The molecule has 7 heavy (non-hydrogen) atoms. The molecule has 0 amide bonds. The zero-order chi connectivity index (χ0) is 6.08. The molecule has 0 aromatic heterocycles. The van der Waals surface area contributed by atoms with E-state index in [1.807, 2.05) is 0 Å². The fraction of sp³-hybridized carbons (Fsp3) is 1.00. The molecule has 0 aromatic carbocycles. The summed E-state index contributed by atoms with van der Waals surface area (Å²) in [6.07, 6.45) is 0. The molecule has 0 fully saturated rings. The molecular weight excluding hydrogens is 145 g/mol. The van der Waals surface area contributed by atoms with Crippen molar-refractivity contribution in [1.29, 1.82) is 0 Å². The summed E-state index contributed by atoms with van der Waals surface area (Å²) < 4.78 is 0.667. The van der Waals surface area contributed by atoms with Crippen molar-refractivity contribution in [3.63, 3.8) is 0 Å². The number of hydrogen-bond acceptors (Lipinski definition) is 0. The van der Waals surface area contributed by atoms with Gasteiger partial charge in [0.05, 0.1) is 0 Å². The normalized spacial score (nSPS) is 12.9. The second-order valence-corrected chi connectivity index (χ2v) is 10.6. The molecule has 1 radical (unpaired) electrons. The summed E-state index contributed by atoms with van der Waals surface area (Å²) in [6.45, 7) is 7.01. The van der Waals surface area contributed by atoms with Gasteiger partial charge in [0, 0.05) is 0 Å². The third kappa shape index (κ3) is 3.15. The summed E-state index contributed by atoms with van der Waals surface area (Å²) in [4.78, 5) is 0. The molecule has 0 saturated carbocycles. The van der Waals surface area contributed by atoms with Gasteiger partial charge in [-0.15, -0.1) is 0 Å². The molecule has 0 aliphatic carbocycles. The SMILES string of the molecule is [CH3][Ge]([CH3])[C](C)(C)C. The van der Waals surface area contributed by atoms with Crippen LogP contribution in [0.15, 0.2) is 0 Å². The zero-order valence-electron chi connectivity index (χ0n) is 6.00. The molecule has 0 unspecified atom stereocenters. The van der Waals surface area contributed by atoms with Crippen molar-refractivity contribution < 1.29 is 0 Å². The first-order valence-electron chi connectivity index (χ1n) is 2.75. The Labute approximate surface area is 51.4 Å². The minimum absolute atomic E-state index is 0.590. The van der Waals surface area contributed by atoms with Crippen molar-refractivity contribution in [2.75, 3.05) is 0 Å². The first-order chi connectivity index (χ1) is 2.94. The Morgan fingerprint density at radius 3 is 1.14 bits per heavy atom. The molecule has 0 aliphatic heterocycles. The molecule has 0 spiro atoms. The van der Waals surface area contributed by atoms with E-state index in [-0.39, 0.29) is 0 Å². The van der Waals surface area contributed by atoms with Crippen molar-refractivity contribution >= 4 is 14.3 Å². The Kier molecular flexibility index (Phi) is 2.38. The van der Waals surface area contributed by atoms with Crippen LogP contribution in [0, 0.1) is 0 Å². The van der Waals surface area contributed by atoms with Crippen molar-refractivity contribution in [1.82, 2.24) is 0 Å². The van der Waals surface area contributed by atoms with E-state index in [0.717, 1.165) is 0 Å². The van der Waals surface area contributed by atoms with Crippen LogP contribution in [0.2, 0.25) is 15.8 Å². The van der Waals surface area contributed by atoms with Crippen molar-refractivity contribution in [2.24, 2.45) is 0 Å². The van der Waals surface area contributed by atoms with Crippen molar-refractivity contribution in [2.45, 2.75) is 36.5 Å². The summed E-state index contributed by atoms with van der Waals surface area (Å²) in [7, 11) is 0. The Hall–Kier alpha value is 0.543. The first-order valence-corrected chi connectivity index (χ1v) is 8.00. The Morgan fingerprint density at radius 2 is 1.14 bits per heavy atom. The van der Waals surface area contributed by atoms with Gasteiger partial charge in [0.1, 0.15) is 0 Å². The molecular formula is C6H15Ge. The van der Waals surface area contributed by atoms with Crippen LogP contribution in [0.5, 0.6) is 0 Å². The summed E-state index contributed by atoms with van der Waals surface area (Å²) >= 11 is -0.590. The third-order valence-electron chi connectivity index (χ3n) is 1.50. The van der Waals surface area contributed by atoms with Gasteiger partial charge in [-0.1, -0.05) is 0 Å².